The lowest BCUT2D eigenvalue weighted by Crippen LogP contribution is -2.19. The predicted molar refractivity (Wildman–Crippen MR) is 66.6 cm³/mol. The van der Waals surface area contributed by atoms with Gasteiger partial charge in [-0.15, -0.1) is 0 Å². The normalized spacial score (nSPS) is 10.9. The fourth-order valence-corrected chi connectivity index (χ4v) is 1.86. The smallest absolute Gasteiger partial charge is 0.0595 e. The molecule has 0 saturated carbocycles. The molecule has 1 aromatic carbocycles. The van der Waals surface area contributed by atoms with Gasteiger partial charge in [0.25, 0.3) is 0 Å². The van der Waals surface area contributed by atoms with Gasteiger partial charge in [0, 0.05) is 18.8 Å². The van der Waals surface area contributed by atoms with Crippen molar-refractivity contribution in [2.45, 2.75) is 6.54 Å². The zero-order chi connectivity index (χ0) is 10.6. The number of rotatable bonds is 4. The summed E-state index contributed by atoms with van der Waals surface area (Å²) in [5, 5.41) is 1.22. The minimum Gasteiger partial charge on any atom is -0.301 e. The average molecular weight is 250 g/mol. The van der Waals surface area contributed by atoms with Gasteiger partial charge in [0.05, 0.1) is 10.0 Å². The molecule has 0 fully saturated rings. The molecule has 14 heavy (non-hydrogen) atoms. The van der Waals surface area contributed by atoms with Crippen LogP contribution in [0.3, 0.4) is 0 Å². The second kappa shape index (κ2) is 5.86. The number of benzene rings is 1. The molecule has 0 N–H and O–H groups in total. The highest BCUT2D eigenvalue weighted by atomic mass is 35.5. The number of halogens is 2. The van der Waals surface area contributed by atoms with Crippen molar-refractivity contribution in [3.8, 4) is 0 Å². The summed E-state index contributed by atoms with van der Waals surface area (Å²) in [6.45, 7) is 1.83. The zero-order valence-corrected chi connectivity index (χ0v) is 10.4. The summed E-state index contributed by atoms with van der Waals surface area (Å²) in [5.74, 6) is 0.859. The van der Waals surface area contributed by atoms with E-state index in [1.54, 1.807) is 0 Å². The van der Waals surface area contributed by atoms with Gasteiger partial charge in [0.2, 0.25) is 0 Å². The second-order valence-corrected chi connectivity index (χ2v) is 4.47. The first kappa shape index (κ1) is 12.2. The lowest BCUT2D eigenvalue weighted by atomic mass is 10.2. The third-order valence-electron chi connectivity index (χ3n) is 1.92. The van der Waals surface area contributed by atoms with Crippen LogP contribution in [0.15, 0.2) is 18.2 Å². The van der Waals surface area contributed by atoms with Crippen molar-refractivity contribution < 1.29 is 0 Å². The maximum Gasteiger partial charge on any atom is 0.0595 e. The highest BCUT2D eigenvalue weighted by Gasteiger charge is 2.02. The fourth-order valence-electron chi connectivity index (χ4n) is 1.20. The summed E-state index contributed by atoms with van der Waals surface area (Å²) in [5.41, 5.74) is 1.17. The van der Waals surface area contributed by atoms with E-state index >= 15 is 0 Å². The van der Waals surface area contributed by atoms with E-state index in [0.717, 1.165) is 18.8 Å². The van der Waals surface area contributed by atoms with Crippen LogP contribution < -0.4 is 0 Å². The highest BCUT2D eigenvalue weighted by molar-refractivity contribution is 7.80. The Morgan fingerprint density at radius 1 is 1.29 bits per heavy atom. The first-order valence-electron chi connectivity index (χ1n) is 4.37. The van der Waals surface area contributed by atoms with E-state index in [-0.39, 0.29) is 0 Å². The van der Waals surface area contributed by atoms with Crippen LogP contribution in [0.2, 0.25) is 10.0 Å². The van der Waals surface area contributed by atoms with Crippen LogP contribution in [0.4, 0.5) is 0 Å². The third kappa shape index (κ3) is 3.70. The van der Waals surface area contributed by atoms with Gasteiger partial charge in [-0.2, -0.15) is 12.6 Å². The predicted octanol–water partition coefficient (Wildman–Crippen LogP) is 3.36. The Bertz CT molecular complexity index is 304. The molecule has 0 aliphatic heterocycles. The van der Waals surface area contributed by atoms with Gasteiger partial charge in [0.15, 0.2) is 0 Å². The first-order chi connectivity index (χ1) is 6.63. The minimum absolute atomic E-state index is 0.604. The monoisotopic (exact) mass is 249 g/mol. The van der Waals surface area contributed by atoms with E-state index in [1.165, 1.54) is 5.56 Å². The van der Waals surface area contributed by atoms with Crippen molar-refractivity contribution in [1.82, 2.24) is 4.90 Å². The molecule has 0 aliphatic carbocycles. The summed E-state index contributed by atoms with van der Waals surface area (Å²) in [4.78, 5) is 2.19. The molecule has 0 radical (unpaired) electrons. The van der Waals surface area contributed by atoms with Crippen LogP contribution in [0, 0.1) is 0 Å². The van der Waals surface area contributed by atoms with Crippen LogP contribution in [0.1, 0.15) is 5.56 Å². The number of hydrogen-bond acceptors (Lipinski definition) is 2. The molecule has 1 aromatic rings. The highest BCUT2D eigenvalue weighted by Crippen LogP contribution is 2.22. The van der Waals surface area contributed by atoms with Gasteiger partial charge >= 0.3 is 0 Å². The lowest BCUT2D eigenvalue weighted by Gasteiger charge is -2.15. The summed E-state index contributed by atoms with van der Waals surface area (Å²) in [7, 11) is 2.05. The number of hydrogen-bond donors (Lipinski definition) is 1. The Hall–Kier alpha value is 0.110. The molecule has 0 aromatic heterocycles. The Labute approximate surface area is 100 Å². The van der Waals surface area contributed by atoms with Crippen LogP contribution in [-0.4, -0.2) is 24.2 Å². The van der Waals surface area contributed by atoms with Gasteiger partial charge in [0.1, 0.15) is 0 Å². The van der Waals surface area contributed by atoms with Crippen molar-refractivity contribution >= 4 is 35.8 Å². The zero-order valence-electron chi connectivity index (χ0n) is 8.00. The fraction of sp³-hybridized carbons (Fsp3) is 0.400. The standard InChI is InChI=1S/C10H13Cl2NS/c1-13(4-5-14)7-8-2-3-9(11)10(12)6-8/h2-3,6,14H,4-5,7H2,1H3. The van der Waals surface area contributed by atoms with E-state index in [2.05, 4.69) is 24.6 Å². The van der Waals surface area contributed by atoms with E-state index in [9.17, 15) is 0 Å². The van der Waals surface area contributed by atoms with Gasteiger partial charge in [-0.3, -0.25) is 0 Å². The Balaban J connectivity index is 2.63. The molecule has 1 nitrogen and oxygen atoms in total. The molecule has 0 saturated heterocycles. The number of nitrogens with zero attached hydrogens (tertiary/aromatic N) is 1. The Morgan fingerprint density at radius 3 is 2.57 bits per heavy atom. The van der Waals surface area contributed by atoms with Gasteiger partial charge in [-0.25, -0.2) is 0 Å². The SMILES string of the molecule is CN(CCS)Cc1ccc(Cl)c(Cl)c1. The lowest BCUT2D eigenvalue weighted by molar-refractivity contribution is 0.349. The molecule has 0 unspecified atom stereocenters. The molecule has 4 heteroatoms. The number of thiol groups is 1. The maximum atomic E-state index is 5.91. The molecule has 0 bridgehead atoms. The van der Waals surface area contributed by atoms with Crippen molar-refractivity contribution in [2.24, 2.45) is 0 Å². The van der Waals surface area contributed by atoms with Crippen LogP contribution in [-0.2, 0) is 6.54 Å². The summed E-state index contributed by atoms with van der Waals surface area (Å²) >= 11 is 15.9. The topological polar surface area (TPSA) is 3.24 Å². The molecule has 0 heterocycles. The summed E-state index contributed by atoms with van der Waals surface area (Å²) in [6, 6.07) is 5.72. The maximum absolute atomic E-state index is 5.91. The molecular weight excluding hydrogens is 237 g/mol. The summed E-state index contributed by atoms with van der Waals surface area (Å²) in [6.07, 6.45) is 0. The second-order valence-electron chi connectivity index (χ2n) is 3.21. The van der Waals surface area contributed by atoms with Gasteiger partial charge in [-0.05, 0) is 24.7 Å². The quantitative estimate of drug-likeness (QED) is 0.802. The molecule has 0 amide bonds. The van der Waals surface area contributed by atoms with Crippen LogP contribution >= 0.6 is 35.8 Å². The van der Waals surface area contributed by atoms with E-state index < -0.39 is 0 Å². The van der Waals surface area contributed by atoms with Crippen LogP contribution in [0.25, 0.3) is 0 Å². The van der Waals surface area contributed by atoms with Crippen molar-refractivity contribution in [2.75, 3.05) is 19.3 Å². The van der Waals surface area contributed by atoms with Gasteiger partial charge in [-0.1, -0.05) is 29.3 Å². The van der Waals surface area contributed by atoms with Crippen molar-refractivity contribution in [3.05, 3.63) is 33.8 Å². The third-order valence-corrected chi connectivity index (χ3v) is 2.86. The van der Waals surface area contributed by atoms with E-state index in [1.807, 2.05) is 18.2 Å². The summed E-state index contributed by atoms with van der Waals surface area (Å²) < 4.78 is 0. The van der Waals surface area contributed by atoms with E-state index in [4.69, 9.17) is 23.2 Å². The molecule has 0 atom stereocenters. The van der Waals surface area contributed by atoms with Crippen molar-refractivity contribution in [3.63, 3.8) is 0 Å². The van der Waals surface area contributed by atoms with E-state index in [0.29, 0.717) is 10.0 Å². The largest absolute Gasteiger partial charge is 0.301 e. The Kier molecular flexibility index (Phi) is 5.10. The first-order valence-corrected chi connectivity index (χ1v) is 5.75. The Morgan fingerprint density at radius 2 is 2.00 bits per heavy atom. The van der Waals surface area contributed by atoms with Crippen molar-refractivity contribution in [1.29, 1.82) is 0 Å². The average Bonchev–Trinajstić information content (AvgIpc) is 2.12. The molecule has 0 spiro atoms. The molecule has 1 rings (SSSR count). The van der Waals surface area contributed by atoms with Crippen LogP contribution in [0.5, 0.6) is 0 Å². The van der Waals surface area contributed by atoms with Gasteiger partial charge < -0.3 is 4.90 Å². The molecule has 78 valence electrons. The molecule has 0 aliphatic rings. The minimum atomic E-state index is 0.604. The molecular formula is C10H13Cl2NS.